The minimum absolute atomic E-state index is 0.692. The van der Waals surface area contributed by atoms with E-state index in [4.69, 9.17) is 27.4 Å². The largest absolute Gasteiger partial charge is 0.465 e. The second-order valence-corrected chi connectivity index (χ2v) is 3.37. The van der Waals surface area contributed by atoms with Gasteiger partial charge in [-0.3, -0.25) is 9.11 Å². The number of hydrogen-bond donors (Lipinski definition) is 3. The molecule has 1 unspecified atom stereocenters. The van der Waals surface area contributed by atoms with E-state index in [0.717, 1.165) is 0 Å². The molecule has 0 radical (unpaired) electrons. The number of hydrogen-bond acceptors (Lipinski definition) is 4. The first-order chi connectivity index (χ1) is 6.79. The van der Waals surface area contributed by atoms with Gasteiger partial charge in [0, 0.05) is 0 Å². The summed E-state index contributed by atoms with van der Waals surface area (Å²) < 4.78 is 36.6. The van der Waals surface area contributed by atoms with E-state index < -0.39 is 16.7 Å². The summed E-state index contributed by atoms with van der Waals surface area (Å²) in [5.41, 5.74) is 0. The Balaban J connectivity index is 0.000000336. The van der Waals surface area contributed by atoms with Crippen LogP contribution in [0.3, 0.4) is 0 Å². The van der Waals surface area contributed by atoms with Crippen molar-refractivity contribution in [2.24, 2.45) is 0 Å². The minimum atomic E-state index is -4.67. The van der Waals surface area contributed by atoms with Crippen molar-refractivity contribution in [2.45, 2.75) is 13.2 Å². The average molecular weight is 236 g/mol. The third-order valence-corrected chi connectivity index (χ3v) is 1.05. The van der Waals surface area contributed by atoms with E-state index in [1.54, 1.807) is 19.1 Å². The minimum Gasteiger partial charge on any atom is -0.465 e. The fourth-order valence-electron chi connectivity index (χ4n) is 0.696. The standard InChI is InChI=1S/C8H10O2.H2O4S/c1-7(9)10-8-5-3-2-4-6-8;1-5(2,3)4/h2-7,9H,1H3;(H2,1,2,3,4). The third kappa shape index (κ3) is 12.8. The van der Waals surface area contributed by atoms with Crippen LogP contribution >= 0.6 is 0 Å². The molecule has 0 aliphatic carbocycles. The molecule has 1 atom stereocenters. The molecule has 86 valence electrons. The summed E-state index contributed by atoms with van der Waals surface area (Å²) in [4.78, 5) is 0. The number of para-hydroxylation sites is 1. The van der Waals surface area contributed by atoms with E-state index in [1.807, 2.05) is 18.2 Å². The van der Waals surface area contributed by atoms with Crippen molar-refractivity contribution in [1.29, 1.82) is 0 Å². The van der Waals surface area contributed by atoms with Crippen LogP contribution in [0, 0.1) is 0 Å². The highest BCUT2D eigenvalue weighted by Gasteiger charge is 1.94. The Kier molecular flexibility index (Phi) is 5.87. The van der Waals surface area contributed by atoms with Crippen molar-refractivity contribution >= 4 is 10.4 Å². The molecule has 0 aromatic heterocycles. The Bertz CT molecular complexity index is 350. The lowest BCUT2D eigenvalue weighted by Gasteiger charge is -2.06. The number of rotatable bonds is 2. The van der Waals surface area contributed by atoms with Crippen LogP contribution in [0.25, 0.3) is 0 Å². The number of ether oxygens (including phenoxy) is 1. The van der Waals surface area contributed by atoms with Crippen LogP contribution in [0.4, 0.5) is 0 Å². The van der Waals surface area contributed by atoms with Crippen molar-refractivity contribution in [1.82, 2.24) is 0 Å². The molecule has 0 bridgehead atoms. The smallest absolute Gasteiger partial charge is 0.394 e. The summed E-state index contributed by atoms with van der Waals surface area (Å²) in [7, 11) is -4.67. The van der Waals surface area contributed by atoms with Gasteiger partial charge in [-0.1, -0.05) is 18.2 Å². The molecule has 0 saturated heterocycles. The zero-order valence-corrected chi connectivity index (χ0v) is 8.76. The molecule has 6 nitrogen and oxygen atoms in total. The summed E-state index contributed by atoms with van der Waals surface area (Å²) in [6.45, 7) is 1.58. The maximum atomic E-state index is 8.78. The predicted molar refractivity (Wildman–Crippen MR) is 52.9 cm³/mol. The van der Waals surface area contributed by atoms with Crippen molar-refractivity contribution in [3.05, 3.63) is 30.3 Å². The van der Waals surface area contributed by atoms with Crippen molar-refractivity contribution in [3.8, 4) is 5.75 Å². The molecule has 0 fully saturated rings. The molecule has 0 aliphatic heterocycles. The molecule has 7 heteroatoms. The zero-order chi connectivity index (χ0) is 11.9. The quantitative estimate of drug-likeness (QED) is 0.517. The molecular weight excluding hydrogens is 224 g/mol. The molecule has 1 aromatic carbocycles. The monoisotopic (exact) mass is 236 g/mol. The molecule has 0 aliphatic rings. The van der Waals surface area contributed by atoms with Crippen LogP contribution in [0.2, 0.25) is 0 Å². The Morgan fingerprint density at radius 2 is 1.60 bits per heavy atom. The van der Waals surface area contributed by atoms with Crippen molar-refractivity contribution < 1.29 is 27.4 Å². The summed E-state index contributed by atoms with van der Waals surface area (Å²) in [5.74, 6) is 0.692. The second-order valence-electron chi connectivity index (χ2n) is 2.48. The summed E-state index contributed by atoms with van der Waals surface area (Å²) >= 11 is 0. The van der Waals surface area contributed by atoms with Gasteiger partial charge in [0.05, 0.1) is 0 Å². The second kappa shape index (κ2) is 6.36. The Morgan fingerprint density at radius 3 is 1.93 bits per heavy atom. The van der Waals surface area contributed by atoms with Crippen LogP contribution < -0.4 is 4.74 Å². The Labute approximate surface area is 87.7 Å². The van der Waals surface area contributed by atoms with E-state index >= 15 is 0 Å². The first kappa shape index (κ1) is 13.8. The van der Waals surface area contributed by atoms with E-state index in [-0.39, 0.29) is 0 Å². The third-order valence-electron chi connectivity index (χ3n) is 1.05. The first-order valence-electron chi connectivity index (χ1n) is 3.88. The van der Waals surface area contributed by atoms with Gasteiger partial charge in [-0.05, 0) is 19.1 Å². The molecule has 15 heavy (non-hydrogen) atoms. The van der Waals surface area contributed by atoms with Gasteiger partial charge in [0.2, 0.25) is 0 Å². The van der Waals surface area contributed by atoms with Crippen molar-refractivity contribution in [2.75, 3.05) is 0 Å². The van der Waals surface area contributed by atoms with Crippen LogP contribution in [-0.4, -0.2) is 28.9 Å². The van der Waals surface area contributed by atoms with E-state index in [0.29, 0.717) is 5.75 Å². The normalized spacial score (nSPS) is 12.3. The average Bonchev–Trinajstić information content (AvgIpc) is 2.01. The van der Waals surface area contributed by atoms with Gasteiger partial charge in [0.1, 0.15) is 5.75 Å². The lowest BCUT2D eigenvalue weighted by molar-refractivity contribution is -0.000291. The molecule has 0 heterocycles. The Hall–Kier alpha value is -1.15. The highest BCUT2D eigenvalue weighted by Crippen LogP contribution is 2.09. The highest BCUT2D eigenvalue weighted by molar-refractivity contribution is 7.79. The first-order valence-corrected chi connectivity index (χ1v) is 5.28. The molecule has 0 amide bonds. The molecule has 3 N–H and O–H groups in total. The SMILES string of the molecule is CC(O)Oc1ccccc1.O=S(=O)(O)O. The van der Waals surface area contributed by atoms with Gasteiger partial charge in [-0.2, -0.15) is 8.42 Å². The van der Waals surface area contributed by atoms with Crippen LogP contribution in [-0.2, 0) is 10.4 Å². The number of benzene rings is 1. The molecule has 1 aromatic rings. The van der Waals surface area contributed by atoms with Gasteiger partial charge in [-0.15, -0.1) is 0 Å². The molecule has 0 saturated carbocycles. The number of aliphatic hydroxyl groups excluding tert-OH is 1. The lowest BCUT2D eigenvalue weighted by Crippen LogP contribution is -2.08. The number of aliphatic hydroxyl groups is 1. The van der Waals surface area contributed by atoms with Gasteiger partial charge >= 0.3 is 10.4 Å². The van der Waals surface area contributed by atoms with E-state index in [1.165, 1.54) is 0 Å². The maximum Gasteiger partial charge on any atom is 0.394 e. The van der Waals surface area contributed by atoms with Crippen LogP contribution in [0.5, 0.6) is 5.75 Å². The fourth-order valence-corrected chi connectivity index (χ4v) is 0.696. The zero-order valence-electron chi connectivity index (χ0n) is 7.94. The van der Waals surface area contributed by atoms with E-state index in [9.17, 15) is 0 Å². The Morgan fingerprint density at radius 1 is 1.20 bits per heavy atom. The molecule has 1 rings (SSSR count). The van der Waals surface area contributed by atoms with Crippen LogP contribution in [0.15, 0.2) is 30.3 Å². The van der Waals surface area contributed by atoms with Gasteiger partial charge in [-0.25, -0.2) is 0 Å². The van der Waals surface area contributed by atoms with Gasteiger partial charge in [0.15, 0.2) is 6.29 Å². The van der Waals surface area contributed by atoms with Crippen LogP contribution in [0.1, 0.15) is 6.92 Å². The fraction of sp³-hybridized carbons (Fsp3) is 0.250. The predicted octanol–water partition coefficient (Wildman–Crippen LogP) is 0.751. The summed E-state index contributed by atoms with van der Waals surface area (Å²) in [6, 6.07) is 9.21. The molecule has 0 spiro atoms. The summed E-state index contributed by atoms with van der Waals surface area (Å²) in [6.07, 6.45) is -0.734. The highest BCUT2D eigenvalue weighted by atomic mass is 32.3. The van der Waals surface area contributed by atoms with Crippen molar-refractivity contribution in [3.63, 3.8) is 0 Å². The maximum absolute atomic E-state index is 8.78. The topological polar surface area (TPSA) is 104 Å². The van der Waals surface area contributed by atoms with Gasteiger partial charge in [0.25, 0.3) is 0 Å². The molecular formula is C8H12O6S. The lowest BCUT2D eigenvalue weighted by atomic mass is 10.3. The summed E-state index contributed by atoms with van der Waals surface area (Å²) in [5, 5.41) is 8.78. The van der Waals surface area contributed by atoms with Gasteiger partial charge < -0.3 is 9.84 Å². The van der Waals surface area contributed by atoms with E-state index in [2.05, 4.69) is 0 Å².